The molecule has 0 aromatic heterocycles. The van der Waals surface area contributed by atoms with Gasteiger partial charge in [-0.15, -0.1) is 0 Å². The number of alkyl halides is 1. The van der Waals surface area contributed by atoms with E-state index in [0.717, 1.165) is 45.2 Å². The molecule has 3 heteroatoms. The lowest BCUT2D eigenvalue weighted by atomic mass is 9.78. The number of piperidine rings is 1. The molecule has 1 unspecified atom stereocenters. The molecule has 1 aliphatic heterocycles. The first-order valence-electron chi connectivity index (χ1n) is 6.63. The minimum absolute atomic E-state index is 0.213. The molecular weight excluding hydrogens is 203 g/mol. The van der Waals surface area contributed by atoms with Crippen molar-refractivity contribution in [2.24, 2.45) is 11.1 Å². The van der Waals surface area contributed by atoms with Gasteiger partial charge in [-0.1, -0.05) is 13.8 Å². The van der Waals surface area contributed by atoms with Crippen LogP contribution in [0, 0.1) is 5.41 Å². The minimum Gasteiger partial charge on any atom is -0.327 e. The fraction of sp³-hybridized carbons (Fsp3) is 1.00. The SMILES string of the molecule is CC1(C)CN(C2CCC(F)CC2)CCC1N. The van der Waals surface area contributed by atoms with Gasteiger partial charge in [0.05, 0.1) is 0 Å². The first kappa shape index (κ1) is 12.3. The minimum atomic E-state index is -0.545. The third kappa shape index (κ3) is 2.57. The Morgan fingerprint density at radius 1 is 1.12 bits per heavy atom. The van der Waals surface area contributed by atoms with Crippen LogP contribution in [-0.4, -0.2) is 36.2 Å². The lowest BCUT2D eigenvalue weighted by Gasteiger charge is -2.47. The Bertz CT molecular complexity index is 234. The molecule has 0 amide bonds. The van der Waals surface area contributed by atoms with Gasteiger partial charge in [0.25, 0.3) is 0 Å². The standard InChI is InChI=1S/C13H25FN2/c1-13(2)9-16(8-7-12(13)15)11-5-3-10(14)4-6-11/h10-12H,3-9,15H2,1-2H3. The largest absolute Gasteiger partial charge is 0.327 e. The highest BCUT2D eigenvalue weighted by molar-refractivity contribution is 4.93. The highest BCUT2D eigenvalue weighted by atomic mass is 19.1. The number of likely N-dealkylation sites (tertiary alicyclic amines) is 1. The molecule has 1 saturated carbocycles. The van der Waals surface area contributed by atoms with Gasteiger partial charge in [-0.25, -0.2) is 4.39 Å². The molecule has 2 N–H and O–H groups in total. The van der Waals surface area contributed by atoms with Crippen LogP contribution in [0.25, 0.3) is 0 Å². The summed E-state index contributed by atoms with van der Waals surface area (Å²) in [6.45, 7) is 6.69. The second-order valence-corrected chi connectivity index (χ2v) is 6.26. The topological polar surface area (TPSA) is 29.3 Å². The first-order chi connectivity index (χ1) is 7.49. The van der Waals surface area contributed by atoms with Crippen molar-refractivity contribution in [2.75, 3.05) is 13.1 Å². The highest BCUT2D eigenvalue weighted by Gasteiger charge is 2.36. The van der Waals surface area contributed by atoms with E-state index in [1.807, 2.05) is 0 Å². The molecule has 0 aromatic carbocycles. The average Bonchev–Trinajstić information content (AvgIpc) is 2.23. The van der Waals surface area contributed by atoms with E-state index in [0.29, 0.717) is 12.1 Å². The van der Waals surface area contributed by atoms with Crippen LogP contribution in [0.2, 0.25) is 0 Å². The molecule has 1 saturated heterocycles. The summed E-state index contributed by atoms with van der Waals surface area (Å²) in [7, 11) is 0. The van der Waals surface area contributed by atoms with Crippen molar-refractivity contribution in [3.8, 4) is 0 Å². The van der Waals surface area contributed by atoms with Gasteiger partial charge in [0.1, 0.15) is 6.17 Å². The van der Waals surface area contributed by atoms with E-state index < -0.39 is 6.17 Å². The molecule has 0 radical (unpaired) electrons. The maximum atomic E-state index is 13.1. The molecule has 0 spiro atoms. The van der Waals surface area contributed by atoms with Crippen LogP contribution in [0.5, 0.6) is 0 Å². The van der Waals surface area contributed by atoms with Crippen LogP contribution in [0.4, 0.5) is 4.39 Å². The average molecular weight is 228 g/mol. The Morgan fingerprint density at radius 3 is 2.31 bits per heavy atom. The molecule has 2 aliphatic rings. The predicted octanol–water partition coefficient (Wildman–Crippen LogP) is 2.33. The molecule has 1 aliphatic carbocycles. The Hall–Kier alpha value is -0.150. The zero-order valence-electron chi connectivity index (χ0n) is 10.6. The van der Waals surface area contributed by atoms with Gasteiger partial charge in [-0.2, -0.15) is 0 Å². The smallest absolute Gasteiger partial charge is 0.100 e. The predicted molar refractivity (Wildman–Crippen MR) is 65.1 cm³/mol. The monoisotopic (exact) mass is 228 g/mol. The third-order valence-corrected chi connectivity index (χ3v) is 4.48. The summed E-state index contributed by atoms with van der Waals surface area (Å²) in [4.78, 5) is 2.55. The van der Waals surface area contributed by atoms with E-state index in [-0.39, 0.29) is 5.41 Å². The molecule has 2 fully saturated rings. The van der Waals surface area contributed by atoms with Crippen molar-refractivity contribution in [2.45, 2.75) is 64.2 Å². The summed E-state index contributed by atoms with van der Waals surface area (Å²) < 4.78 is 13.1. The summed E-state index contributed by atoms with van der Waals surface area (Å²) in [5.74, 6) is 0. The van der Waals surface area contributed by atoms with Gasteiger partial charge in [0.2, 0.25) is 0 Å². The molecular formula is C13H25FN2. The number of rotatable bonds is 1. The summed E-state index contributed by atoms with van der Waals surface area (Å²) in [5.41, 5.74) is 6.35. The normalized spacial score (nSPS) is 40.9. The molecule has 2 rings (SSSR count). The van der Waals surface area contributed by atoms with Crippen LogP contribution in [0.3, 0.4) is 0 Å². The Morgan fingerprint density at radius 2 is 1.75 bits per heavy atom. The number of nitrogens with two attached hydrogens (primary N) is 1. The van der Waals surface area contributed by atoms with Crippen molar-refractivity contribution < 1.29 is 4.39 Å². The van der Waals surface area contributed by atoms with Crippen molar-refractivity contribution in [3.63, 3.8) is 0 Å². The second-order valence-electron chi connectivity index (χ2n) is 6.26. The lowest BCUT2D eigenvalue weighted by Crippen LogP contribution is -2.55. The van der Waals surface area contributed by atoms with Crippen LogP contribution >= 0.6 is 0 Å². The van der Waals surface area contributed by atoms with Gasteiger partial charge in [-0.05, 0) is 44.1 Å². The van der Waals surface area contributed by atoms with Crippen molar-refractivity contribution in [1.29, 1.82) is 0 Å². The quantitative estimate of drug-likeness (QED) is 0.746. The van der Waals surface area contributed by atoms with Crippen molar-refractivity contribution in [1.82, 2.24) is 4.90 Å². The maximum Gasteiger partial charge on any atom is 0.100 e. The number of nitrogens with zero attached hydrogens (tertiary/aromatic N) is 1. The fourth-order valence-electron chi connectivity index (χ4n) is 3.13. The third-order valence-electron chi connectivity index (χ3n) is 4.48. The summed E-state index contributed by atoms with van der Waals surface area (Å²) in [6, 6.07) is 0.931. The molecule has 0 bridgehead atoms. The number of halogens is 1. The number of hydrogen-bond acceptors (Lipinski definition) is 2. The van der Waals surface area contributed by atoms with Gasteiger partial charge in [0.15, 0.2) is 0 Å². The Labute approximate surface area is 98.4 Å². The lowest BCUT2D eigenvalue weighted by molar-refractivity contribution is 0.0366. The summed E-state index contributed by atoms with van der Waals surface area (Å²) >= 11 is 0. The number of hydrogen-bond donors (Lipinski definition) is 1. The van der Waals surface area contributed by atoms with Crippen LogP contribution in [0.1, 0.15) is 46.0 Å². The van der Waals surface area contributed by atoms with Gasteiger partial charge >= 0.3 is 0 Å². The van der Waals surface area contributed by atoms with E-state index >= 15 is 0 Å². The zero-order chi connectivity index (χ0) is 11.8. The van der Waals surface area contributed by atoms with Crippen LogP contribution in [0.15, 0.2) is 0 Å². The van der Waals surface area contributed by atoms with Crippen LogP contribution < -0.4 is 5.73 Å². The summed E-state index contributed by atoms with van der Waals surface area (Å²) in [5, 5.41) is 0. The Kier molecular flexibility index (Phi) is 3.55. The van der Waals surface area contributed by atoms with Crippen molar-refractivity contribution in [3.05, 3.63) is 0 Å². The summed E-state index contributed by atoms with van der Waals surface area (Å²) in [6.07, 6.45) is 4.12. The molecule has 0 aromatic rings. The molecule has 16 heavy (non-hydrogen) atoms. The molecule has 2 nitrogen and oxygen atoms in total. The fourth-order valence-corrected chi connectivity index (χ4v) is 3.13. The first-order valence-corrected chi connectivity index (χ1v) is 6.63. The van der Waals surface area contributed by atoms with Gasteiger partial charge < -0.3 is 5.73 Å². The Balaban J connectivity index is 1.91. The molecule has 94 valence electrons. The van der Waals surface area contributed by atoms with Gasteiger partial charge in [0, 0.05) is 18.6 Å². The van der Waals surface area contributed by atoms with E-state index in [9.17, 15) is 4.39 Å². The van der Waals surface area contributed by atoms with Crippen molar-refractivity contribution >= 4 is 0 Å². The zero-order valence-corrected chi connectivity index (χ0v) is 10.6. The molecule has 1 atom stereocenters. The van der Waals surface area contributed by atoms with E-state index in [2.05, 4.69) is 18.7 Å². The highest BCUT2D eigenvalue weighted by Crippen LogP contribution is 2.33. The van der Waals surface area contributed by atoms with Gasteiger partial charge in [-0.3, -0.25) is 4.90 Å². The molecule has 1 heterocycles. The maximum absolute atomic E-state index is 13.1. The van der Waals surface area contributed by atoms with E-state index in [4.69, 9.17) is 5.73 Å². The van der Waals surface area contributed by atoms with E-state index in [1.54, 1.807) is 0 Å². The van der Waals surface area contributed by atoms with E-state index in [1.165, 1.54) is 0 Å². The van der Waals surface area contributed by atoms with Crippen LogP contribution in [-0.2, 0) is 0 Å². The second kappa shape index (κ2) is 4.61.